The summed E-state index contributed by atoms with van der Waals surface area (Å²) in [6, 6.07) is 4.93. The molecule has 0 radical (unpaired) electrons. The molecule has 19 heavy (non-hydrogen) atoms. The molecule has 0 saturated heterocycles. The molecule has 5 nitrogen and oxygen atoms in total. The Morgan fingerprint density at radius 2 is 2.32 bits per heavy atom. The van der Waals surface area contributed by atoms with E-state index in [-0.39, 0.29) is 12.4 Å². The first-order valence-electron chi connectivity index (χ1n) is 6.02. The zero-order chi connectivity index (χ0) is 14.1. The molecular formula is C12H18F2N4O. The number of alkyl halides is 2. The van der Waals surface area contributed by atoms with E-state index in [1.54, 1.807) is 12.1 Å². The standard InChI is InChI=1S/C12H18F2N4O/c1-2-6-16-12(15)17-7-9-4-3-5-11(18-9)19-8-10(13)14/h3-5,10H,2,6-8H2,1H3,(H3,15,16,17). The van der Waals surface area contributed by atoms with Gasteiger partial charge in [0.1, 0.15) is 0 Å². The highest BCUT2D eigenvalue weighted by molar-refractivity contribution is 5.77. The molecule has 3 N–H and O–H groups in total. The quantitative estimate of drug-likeness (QED) is 0.583. The van der Waals surface area contributed by atoms with Crippen LogP contribution in [-0.4, -0.2) is 30.5 Å². The van der Waals surface area contributed by atoms with Crippen molar-refractivity contribution in [2.24, 2.45) is 10.7 Å². The van der Waals surface area contributed by atoms with Crippen molar-refractivity contribution in [3.63, 3.8) is 0 Å². The molecule has 0 aliphatic rings. The Labute approximate surface area is 110 Å². The highest BCUT2D eigenvalue weighted by atomic mass is 19.3. The third-order valence-corrected chi connectivity index (χ3v) is 2.11. The lowest BCUT2D eigenvalue weighted by atomic mass is 10.3. The molecular weight excluding hydrogens is 254 g/mol. The number of nitrogens with two attached hydrogens (primary N) is 1. The van der Waals surface area contributed by atoms with Gasteiger partial charge in [-0.05, 0) is 12.5 Å². The summed E-state index contributed by atoms with van der Waals surface area (Å²) >= 11 is 0. The van der Waals surface area contributed by atoms with E-state index in [4.69, 9.17) is 10.5 Å². The lowest BCUT2D eigenvalue weighted by Gasteiger charge is -2.06. The fourth-order valence-corrected chi connectivity index (χ4v) is 1.25. The number of hydrogen-bond donors (Lipinski definition) is 2. The maximum absolute atomic E-state index is 12.0. The van der Waals surface area contributed by atoms with Gasteiger partial charge in [-0.15, -0.1) is 0 Å². The van der Waals surface area contributed by atoms with E-state index in [2.05, 4.69) is 15.3 Å². The number of aromatic nitrogens is 1. The molecule has 7 heteroatoms. The summed E-state index contributed by atoms with van der Waals surface area (Å²) in [4.78, 5) is 8.14. The molecule has 0 saturated carbocycles. The van der Waals surface area contributed by atoms with Crippen molar-refractivity contribution in [2.75, 3.05) is 13.2 Å². The lowest BCUT2D eigenvalue weighted by molar-refractivity contribution is 0.0795. The van der Waals surface area contributed by atoms with E-state index in [0.29, 0.717) is 11.7 Å². The second-order valence-electron chi connectivity index (χ2n) is 3.80. The minimum atomic E-state index is -2.52. The van der Waals surface area contributed by atoms with Gasteiger partial charge in [0.25, 0.3) is 6.43 Å². The Morgan fingerprint density at radius 1 is 1.53 bits per heavy atom. The molecule has 0 spiro atoms. The molecule has 0 aliphatic carbocycles. The van der Waals surface area contributed by atoms with Gasteiger partial charge in [-0.3, -0.25) is 0 Å². The SMILES string of the molecule is CCCNC(N)=NCc1cccc(OCC(F)F)n1. The van der Waals surface area contributed by atoms with Gasteiger partial charge >= 0.3 is 0 Å². The van der Waals surface area contributed by atoms with Crippen molar-refractivity contribution in [1.82, 2.24) is 10.3 Å². The lowest BCUT2D eigenvalue weighted by Crippen LogP contribution is -2.32. The van der Waals surface area contributed by atoms with Crippen LogP contribution >= 0.6 is 0 Å². The average molecular weight is 272 g/mol. The molecule has 0 atom stereocenters. The molecule has 0 bridgehead atoms. The van der Waals surface area contributed by atoms with Crippen molar-refractivity contribution in [2.45, 2.75) is 26.3 Å². The van der Waals surface area contributed by atoms with E-state index in [1.807, 2.05) is 6.92 Å². The molecule has 0 unspecified atom stereocenters. The Kier molecular flexibility index (Phi) is 6.56. The number of aliphatic imine (C=N–C) groups is 1. The van der Waals surface area contributed by atoms with Crippen LogP contribution in [0.4, 0.5) is 8.78 Å². The molecule has 1 aromatic rings. The van der Waals surface area contributed by atoms with E-state index < -0.39 is 13.0 Å². The predicted octanol–water partition coefficient (Wildman–Crippen LogP) is 1.54. The Morgan fingerprint density at radius 3 is 3.00 bits per heavy atom. The number of rotatable bonds is 7. The van der Waals surface area contributed by atoms with Crippen molar-refractivity contribution in [3.8, 4) is 5.88 Å². The minimum Gasteiger partial charge on any atom is -0.472 e. The monoisotopic (exact) mass is 272 g/mol. The van der Waals surface area contributed by atoms with Crippen LogP contribution in [0.25, 0.3) is 0 Å². The van der Waals surface area contributed by atoms with Gasteiger partial charge in [0.15, 0.2) is 12.6 Å². The summed E-state index contributed by atoms with van der Waals surface area (Å²) in [5.41, 5.74) is 6.23. The number of hydrogen-bond acceptors (Lipinski definition) is 3. The van der Waals surface area contributed by atoms with Gasteiger partial charge in [-0.25, -0.2) is 18.8 Å². The summed E-state index contributed by atoms with van der Waals surface area (Å²) in [7, 11) is 0. The molecule has 106 valence electrons. The summed E-state index contributed by atoms with van der Waals surface area (Å²) in [5, 5.41) is 2.93. The van der Waals surface area contributed by atoms with E-state index in [1.165, 1.54) is 6.07 Å². The smallest absolute Gasteiger partial charge is 0.272 e. The van der Waals surface area contributed by atoms with Crippen molar-refractivity contribution >= 4 is 5.96 Å². The second kappa shape index (κ2) is 8.23. The average Bonchev–Trinajstić information content (AvgIpc) is 2.41. The highest BCUT2D eigenvalue weighted by Crippen LogP contribution is 2.09. The van der Waals surface area contributed by atoms with Crippen molar-refractivity contribution in [1.29, 1.82) is 0 Å². The van der Waals surface area contributed by atoms with Crippen LogP contribution in [0, 0.1) is 0 Å². The van der Waals surface area contributed by atoms with Crippen LogP contribution in [0.2, 0.25) is 0 Å². The van der Waals surface area contributed by atoms with Crippen LogP contribution in [0.1, 0.15) is 19.0 Å². The van der Waals surface area contributed by atoms with Gasteiger partial charge in [0.2, 0.25) is 5.88 Å². The van der Waals surface area contributed by atoms with Crippen LogP contribution in [-0.2, 0) is 6.54 Å². The van der Waals surface area contributed by atoms with Crippen LogP contribution in [0.3, 0.4) is 0 Å². The molecule has 0 fully saturated rings. The first-order chi connectivity index (χ1) is 9.11. The molecule has 1 aromatic heterocycles. The summed E-state index contributed by atoms with van der Waals surface area (Å²) in [6.07, 6.45) is -1.57. The number of guanidine groups is 1. The summed E-state index contributed by atoms with van der Waals surface area (Å²) < 4.78 is 28.8. The summed E-state index contributed by atoms with van der Waals surface area (Å²) in [6.45, 7) is 2.38. The first-order valence-corrected chi connectivity index (χ1v) is 6.02. The largest absolute Gasteiger partial charge is 0.472 e. The Hall–Kier alpha value is -1.92. The molecule has 1 heterocycles. The molecule has 1 rings (SSSR count). The van der Waals surface area contributed by atoms with Gasteiger partial charge in [0, 0.05) is 12.6 Å². The molecule has 0 amide bonds. The fourth-order valence-electron chi connectivity index (χ4n) is 1.25. The molecule has 0 aliphatic heterocycles. The number of nitrogens with one attached hydrogen (secondary N) is 1. The Balaban J connectivity index is 2.52. The number of halogens is 2. The fraction of sp³-hybridized carbons (Fsp3) is 0.500. The zero-order valence-corrected chi connectivity index (χ0v) is 10.8. The third-order valence-electron chi connectivity index (χ3n) is 2.11. The van der Waals surface area contributed by atoms with E-state index in [9.17, 15) is 8.78 Å². The maximum atomic E-state index is 12.0. The molecule has 0 aromatic carbocycles. The predicted molar refractivity (Wildman–Crippen MR) is 69.4 cm³/mol. The number of pyridine rings is 1. The highest BCUT2D eigenvalue weighted by Gasteiger charge is 2.04. The van der Waals surface area contributed by atoms with Crippen molar-refractivity contribution in [3.05, 3.63) is 23.9 Å². The van der Waals surface area contributed by atoms with Crippen LogP contribution in [0.5, 0.6) is 5.88 Å². The van der Waals surface area contributed by atoms with Crippen LogP contribution < -0.4 is 15.8 Å². The maximum Gasteiger partial charge on any atom is 0.272 e. The van der Waals surface area contributed by atoms with Gasteiger partial charge in [-0.1, -0.05) is 13.0 Å². The van der Waals surface area contributed by atoms with E-state index in [0.717, 1.165) is 13.0 Å². The van der Waals surface area contributed by atoms with Crippen LogP contribution in [0.15, 0.2) is 23.2 Å². The zero-order valence-electron chi connectivity index (χ0n) is 10.8. The Bertz CT molecular complexity index is 412. The van der Waals surface area contributed by atoms with Gasteiger partial charge in [-0.2, -0.15) is 0 Å². The topological polar surface area (TPSA) is 72.5 Å². The van der Waals surface area contributed by atoms with Gasteiger partial charge < -0.3 is 15.8 Å². The van der Waals surface area contributed by atoms with E-state index >= 15 is 0 Å². The second-order valence-corrected chi connectivity index (χ2v) is 3.80. The van der Waals surface area contributed by atoms with Gasteiger partial charge in [0.05, 0.1) is 12.2 Å². The summed E-state index contributed by atoms with van der Waals surface area (Å²) in [5.74, 6) is 0.496. The first kappa shape index (κ1) is 15.1. The minimum absolute atomic E-state index is 0.160. The third kappa shape index (κ3) is 6.54. The normalized spacial score (nSPS) is 11.7. The number of nitrogens with zero attached hydrogens (tertiary/aromatic N) is 2. The number of ether oxygens (including phenoxy) is 1. The van der Waals surface area contributed by atoms with Crippen molar-refractivity contribution < 1.29 is 13.5 Å².